The van der Waals surface area contributed by atoms with E-state index in [0.29, 0.717) is 30.6 Å². The highest BCUT2D eigenvalue weighted by Gasteiger charge is 2.30. The van der Waals surface area contributed by atoms with Gasteiger partial charge in [-0.2, -0.15) is 0 Å². The molecule has 206 valence electrons. The Kier molecular flexibility index (Phi) is 10.8. The fourth-order valence-electron chi connectivity index (χ4n) is 4.85. The van der Waals surface area contributed by atoms with Crippen LogP contribution in [-0.4, -0.2) is 45.3 Å². The second-order valence-electron chi connectivity index (χ2n) is 10.3. The minimum absolute atomic E-state index is 0. The lowest BCUT2D eigenvalue weighted by Gasteiger charge is -2.37. The van der Waals surface area contributed by atoms with Crippen LogP contribution >= 0.6 is 0 Å². The van der Waals surface area contributed by atoms with Gasteiger partial charge < -0.3 is 20.5 Å². The normalized spacial score (nSPS) is 18.7. The number of rotatable bonds is 11. The Hall–Kier alpha value is -3.09. The van der Waals surface area contributed by atoms with Crippen LogP contribution in [0.5, 0.6) is 0 Å². The molecule has 1 saturated carbocycles. The van der Waals surface area contributed by atoms with Gasteiger partial charge in [0.25, 0.3) is 0 Å². The van der Waals surface area contributed by atoms with Gasteiger partial charge in [0.05, 0.1) is 6.04 Å². The molecule has 7 heteroatoms. The first kappa shape index (κ1) is 28.5. The maximum absolute atomic E-state index is 13.3. The van der Waals surface area contributed by atoms with Crippen LogP contribution in [-0.2, 0) is 16.0 Å². The Morgan fingerprint density at radius 3 is 2.57 bits per heavy atom. The molecule has 2 amide bonds. The predicted molar refractivity (Wildman–Crippen MR) is 153 cm³/mol. The summed E-state index contributed by atoms with van der Waals surface area (Å²) >= 11 is 0. The van der Waals surface area contributed by atoms with Crippen molar-refractivity contribution in [1.82, 2.24) is 25.5 Å². The van der Waals surface area contributed by atoms with E-state index in [9.17, 15) is 9.59 Å². The highest BCUT2D eigenvalue weighted by atomic mass is 16.2. The summed E-state index contributed by atoms with van der Waals surface area (Å²) in [5.74, 6) is 0.918. The molecule has 3 atom stereocenters. The molecular weight excluding hydrogens is 462 g/mol. The number of amides is 2. The number of aromatic amines is 1. The molecule has 1 aliphatic carbocycles. The molecule has 0 unspecified atom stereocenters. The van der Waals surface area contributed by atoms with E-state index in [0.717, 1.165) is 50.0 Å². The van der Waals surface area contributed by atoms with Crippen LogP contribution in [0.3, 0.4) is 0 Å². The monoisotopic (exact) mass is 511 g/mol. The molecule has 2 fully saturated rings. The van der Waals surface area contributed by atoms with Crippen molar-refractivity contribution >= 4 is 11.8 Å². The van der Waals surface area contributed by atoms with Gasteiger partial charge in [-0.05, 0) is 57.4 Å². The van der Waals surface area contributed by atoms with E-state index in [-0.39, 0.29) is 20.7 Å². The summed E-state index contributed by atoms with van der Waals surface area (Å²) in [4.78, 5) is 36.1. The number of imidazole rings is 1. The number of carbonyl (C=O) groups excluding carboxylic acids is 2. The van der Waals surface area contributed by atoms with Crippen molar-refractivity contribution in [2.75, 3.05) is 6.54 Å². The van der Waals surface area contributed by atoms with E-state index in [1.54, 1.807) is 0 Å². The molecule has 2 aliphatic rings. The second kappa shape index (κ2) is 14.0. The van der Waals surface area contributed by atoms with Crippen LogP contribution in [0.2, 0.25) is 0 Å². The lowest BCUT2D eigenvalue weighted by atomic mass is 10.0. The van der Waals surface area contributed by atoms with Gasteiger partial charge in [-0.15, -0.1) is 0 Å². The maximum atomic E-state index is 13.3. The number of carbonyl (C=O) groups is 2. The van der Waals surface area contributed by atoms with Gasteiger partial charge in [0.15, 0.2) is 0 Å². The smallest absolute Gasteiger partial charge is 0.243 e. The molecule has 3 N–H and O–H groups in total. The third-order valence-corrected chi connectivity index (χ3v) is 7.13. The van der Waals surface area contributed by atoms with Crippen molar-refractivity contribution in [3.8, 4) is 0 Å². The Labute approximate surface area is 225 Å². The minimum atomic E-state index is -0.649. The molecule has 2 aromatic rings. The zero-order valence-electron chi connectivity index (χ0n) is 23.1. The van der Waals surface area contributed by atoms with Crippen LogP contribution in [0.15, 0.2) is 48.8 Å². The molecule has 0 bridgehead atoms. The minimum Gasteiger partial charge on any atom is -0.373 e. The van der Waals surface area contributed by atoms with Gasteiger partial charge in [0.1, 0.15) is 11.9 Å². The molecule has 4 rings (SSSR count). The van der Waals surface area contributed by atoms with Crippen LogP contribution < -0.4 is 10.6 Å². The number of hydrogen-bond acceptors (Lipinski definition) is 4. The lowest BCUT2D eigenvalue weighted by molar-refractivity contribution is -0.129. The summed E-state index contributed by atoms with van der Waals surface area (Å²) in [6.45, 7) is 13.4. The first-order valence-corrected chi connectivity index (χ1v) is 14.0. The molecule has 0 spiro atoms. The lowest BCUT2D eigenvalue weighted by Crippen LogP contribution is -2.49. The predicted octanol–water partition coefficient (Wildman–Crippen LogP) is 5.76. The molecule has 37 heavy (non-hydrogen) atoms. The van der Waals surface area contributed by atoms with Crippen LogP contribution in [0.1, 0.15) is 98.6 Å². The van der Waals surface area contributed by atoms with Crippen molar-refractivity contribution < 1.29 is 12.4 Å². The summed E-state index contributed by atoms with van der Waals surface area (Å²) in [5, 5.41) is 6.06. The van der Waals surface area contributed by atoms with Gasteiger partial charge in [-0.3, -0.25) is 9.59 Å². The number of H-pyrrole nitrogens is 1. The molecular formula is C30H49N5O2. The van der Waals surface area contributed by atoms with E-state index >= 15 is 0 Å². The standard InChI is InChI=1S/C28H39N5O2.C2H6.2H2/c1-19-9-7-8-14-33(19)20(2)15-25(32-26(34)17-23-12-13-23)28(35)30-21(3)27-29-18-24(31-27)16-22-10-5-4-6-11-22;1-2;;/h4-6,10-11,18-19,21,23,25H,2,7-9,12-17H2,1,3H3,(H,29,31)(H,30,35)(H,32,34);1-2H3;2*1H/t19-,21-,25-;;;/m0.../s1. The molecule has 2 heterocycles. The van der Waals surface area contributed by atoms with Crippen LogP contribution in [0, 0.1) is 5.92 Å². The van der Waals surface area contributed by atoms with E-state index in [4.69, 9.17) is 0 Å². The summed E-state index contributed by atoms with van der Waals surface area (Å²) in [6.07, 6.45) is 9.16. The number of nitrogens with zero attached hydrogens (tertiary/aromatic N) is 2. The van der Waals surface area contributed by atoms with E-state index in [2.05, 4.69) is 51.1 Å². The molecule has 1 aromatic heterocycles. The van der Waals surface area contributed by atoms with Crippen molar-refractivity contribution in [3.63, 3.8) is 0 Å². The van der Waals surface area contributed by atoms with Gasteiger partial charge >= 0.3 is 0 Å². The van der Waals surface area contributed by atoms with Crippen LogP contribution in [0.25, 0.3) is 0 Å². The highest BCUT2D eigenvalue weighted by molar-refractivity contribution is 5.88. The molecule has 1 aliphatic heterocycles. The fraction of sp³-hybridized carbons (Fsp3) is 0.567. The van der Waals surface area contributed by atoms with Gasteiger partial charge in [-0.25, -0.2) is 4.98 Å². The molecule has 1 aromatic carbocycles. The Bertz CT molecular complexity index is 1030. The largest absolute Gasteiger partial charge is 0.373 e. The third-order valence-electron chi connectivity index (χ3n) is 7.13. The topological polar surface area (TPSA) is 90.1 Å². The van der Waals surface area contributed by atoms with Gasteiger partial charge in [0.2, 0.25) is 11.8 Å². The summed E-state index contributed by atoms with van der Waals surface area (Å²) in [7, 11) is 0. The van der Waals surface area contributed by atoms with Crippen molar-refractivity contribution in [1.29, 1.82) is 0 Å². The number of hydrogen-bond donors (Lipinski definition) is 3. The molecule has 0 radical (unpaired) electrons. The molecule has 1 saturated heterocycles. The zero-order chi connectivity index (χ0) is 26.8. The third kappa shape index (κ3) is 8.76. The van der Waals surface area contributed by atoms with Crippen molar-refractivity contribution in [2.24, 2.45) is 5.92 Å². The number of benzene rings is 1. The van der Waals surface area contributed by atoms with Gasteiger partial charge in [0, 0.05) is 52.3 Å². The van der Waals surface area contributed by atoms with Crippen LogP contribution in [0.4, 0.5) is 0 Å². The number of nitrogens with one attached hydrogen (secondary N) is 3. The van der Waals surface area contributed by atoms with E-state index in [1.807, 2.05) is 45.2 Å². The Morgan fingerprint density at radius 2 is 1.89 bits per heavy atom. The number of piperidine rings is 1. The number of aromatic nitrogens is 2. The van der Waals surface area contributed by atoms with Crippen molar-refractivity contribution in [2.45, 2.75) is 97.2 Å². The maximum Gasteiger partial charge on any atom is 0.243 e. The first-order valence-electron chi connectivity index (χ1n) is 14.0. The second-order valence-corrected chi connectivity index (χ2v) is 10.3. The van der Waals surface area contributed by atoms with E-state index in [1.165, 1.54) is 12.0 Å². The average molecular weight is 512 g/mol. The van der Waals surface area contributed by atoms with Gasteiger partial charge in [-0.1, -0.05) is 50.8 Å². The van der Waals surface area contributed by atoms with Crippen molar-refractivity contribution in [3.05, 3.63) is 65.9 Å². The Balaban J connectivity index is 0.00000186. The summed E-state index contributed by atoms with van der Waals surface area (Å²) in [6, 6.07) is 9.65. The quantitative estimate of drug-likeness (QED) is 0.358. The zero-order valence-corrected chi connectivity index (χ0v) is 23.1. The summed E-state index contributed by atoms with van der Waals surface area (Å²) in [5.41, 5.74) is 3.11. The highest BCUT2D eigenvalue weighted by Crippen LogP contribution is 2.32. The van der Waals surface area contributed by atoms with E-state index < -0.39 is 6.04 Å². The SMILES string of the molecule is C=C(C[C@H](NC(=O)CC1CC1)C(=O)N[C@@H](C)c1ncc(Cc2ccccc2)[nH]1)N1CCCC[C@@H]1C.CC.[HH].[HH]. The fourth-order valence-corrected chi connectivity index (χ4v) is 4.85. The average Bonchev–Trinajstić information content (AvgIpc) is 3.59. The Morgan fingerprint density at radius 1 is 1.16 bits per heavy atom. The molecule has 7 nitrogen and oxygen atoms in total. The summed E-state index contributed by atoms with van der Waals surface area (Å²) < 4.78 is 0. The number of likely N-dealkylation sites (tertiary alicyclic amines) is 1. The first-order chi connectivity index (χ1) is 17.9.